The minimum atomic E-state index is -0.557. The second kappa shape index (κ2) is 9.67. The van der Waals surface area contributed by atoms with Crippen molar-refractivity contribution in [2.45, 2.75) is 57.6 Å². The first kappa shape index (κ1) is 24.3. The Hall–Kier alpha value is -2.31. The summed E-state index contributed by atoms with van der Waals surface area (Å²) in [4.78, 5) is 31.9. The van der Waals surface area contributed by atoms with Crippen molar-refractivity contribution >= 4 is 35.2 Å². The fourth-order valence-electron chi connectivity index (χ4n) is 4.10. The third-order valence-electron chi connectivity index (χ3n) is 5.65. The van der Waals surface area contributed by atoms with E-state index in [9.17, 15) is 9.59 Å². The van der Waals surface area contributed by atoms with E-state index in [0.29, 0.717) is 41.5 Å². The highest BCUT2D eigenvalue weighted by atomic mass is 35.5. The average Bonchev–Trinajstić information content (AvgIpc) is 2.71. The Kier molecular flexibility index (Phi) is 7.36. The van der Waals surface area contributed by atoms with Crippen LogP contribution >= 0.6 is 23.2 Å². The highest BCUT2D eigenvalue weighted by Gasteiger charge is 2.43. The Morgan fingerprint density at radius 2 is 2.00 bits per heavy atom. The number of carbonyl (C=O) groups excluding carboxylic acids is 2. The summed E-state index contributed by atoms with van der Waals surface area (Å²) >= 11 is 12.2. The van der Waals surface area contributed by atoms with E-state index in [1.807, 2.05) is 45.9 Å². The first-order valence-corrected chi connectivity index (χ1v) is 11.4. The molecule has 0 spiro atoms. The van der Waals surface area contributed by atoms with Gasteiger partial charge in [0, 0.05) is 41.5 Å². The largest absolute Gasteiger partial charge is 0.444 e. The maximum absolute atomic E-state index is 12.9. The molecule has 172 valence electrons. The molecule has 0 unspecified atom stereocenters. The summed E-state index contributed by atoms with van der Waals surface area (Å²) in [6.45, 7) is 8.44. The quantitative estimate of drug-likeness (QED) is 0.632. The minimum Gasteiger partial charge on any atom is -0.444 e. The van der Waals surface area contributed by atoms with Gasteiger partial charge in [-0.2, -0.15) is 0 Å². The molecule has 8 heteroatoms. The van der Waals surface area contributed by atoms with E-state index >= 15 is 0 Å². The van der Waals surface area contributed by atoms with E-state index in [0.717, 1.165) is 5.69 Å². The number of nitrogens with one attached hydrogen (secondary N) is 1. The maximum atomic E-state index is 12.9. The first-order valence-electron chi connectivity index (χ1n) is 10.7. The van der Waals surface area contributed by atoms with Crippen LogP contribution in [0.1, 0.15) is 56.6 Å². The van der Waals surface area contributed by atoms with Gasteiger partial charge < -0.3 is 15.0 Å². The minimum absolute atomic E-state index is 0.0865. The molecule has 1 fully saturated rings. The SMILES string of the molecule is C[C@@H]1C[C@@](CNC(=O)c2ccc(Cl)cc2Cl)(c2ccccn2)CCN1C(=O)OC(C)(C)C. The molecule has 0 aliphatic carbocycles. The van der Waals surface area contributed by atoms with E-state index in [4.69, 9.17) is 27.9 Å². The van der Waals surface area contributed by atoms with Crippen LogP contribution in [0.4, 0.5) is 4.79 Å². The molecule has 1 aromatic carbocycles. The summed E-state index contributed by atoms with van der Waals surface area (Å²) in [6.07, 6.45) is 2.71. The number of ether oxygens (including phenoxy) is 1. The van der Waals surface area contributed by atoms with Gasteiger partial charge in [-0.1, -0.05) is 29.3 Å². The van der Waals surface area contributed by atoms with Gasteiger partial charge in [0.15, 0.2) is 0 Å². The van der Waals surface area contributed by atoms with Crippen LogP contribution in [0, 0.1) is 0 Å². The zero-order chi connectivity index (χ0) is 23.5. The molecule has 0 radical (unpaired) electrons. The molecule has 2 heterocycles. The Morgan fingerprint density at radius 3 is 2.59 bits per heavy atom. The standard InChI is InChI=1S/C24H29Cl2N3O3/c1-16-14-24(20-7-5-6-11-27-20,10-12-29(16)22(31)32-23(2,3)4)15-28-21(30)18-9-8-17(25)13-19(18)26/h5-9,11,13,16H,10,12,14-15H2,1-4H3,(H,28,30)/t16-,24+/m1/s1. The summed E-state index contributed by atoms with van der Waals surface area (Å²) < 4.78 is 5.58. The highest BCUT2D eigenvalue weighted by Crippen LogP contribution is 2.37. The van der Waals surface area contributed by atoms with Crippen molar-refractivity contribution in [1.29, 1.82) is 0 Å². The maximum Gasteiger partial charge on any atom is 0.410 e. The van der Waals surface area contributed by atoms with E-state index in [1.54, 1.807) is 29.3 Å². The van der Waals surface area contributed by atoms with Crippen LogP contribution in [0.5, 0.6) is 0 Å². The Bertz CT molecular complexity index is 978. The van der Waals surface area contributed by atoms with E-state index in [-0.39, 0.29) is 18.0 Å². The molecule has 1 aliphatic heterocycles. The van der Waals surface area contributed by atoms with Gasteiger partial charge in [-0.05, 0) is 70.9 Å². The fourth-order valence-corrected chi connectivity index (χ4v) is 4.60. The number of piperidine rings is 1. The number of pyridine rings is 1. The number of nitrogens with zero attached hydrogens (tertiary/aromatic N) is 2. The third-order valence-corrected chi connectivity index (χ3v) is 6.20. The zero-order valence-electron chi connectivity index (χ0n) is 18.8. The van der Waals surface area contributed by atoms with Gasteiger partial charge in [-0.15, -0.1) is 0 Å². The topological polar surface area (TPSA) is 71.5 Å². The van der Waals surface area contributed by atoms with Crippen LogP contribution < -0.4 is 5.32 Å². The summed E-state index contributed by atoms with van der Waals surface area (Å²) in [5.41, 5.74) is 0.274. The number of halogens is 2. The van der Waals surface area contributed by atoms with Gasteiger partial charge >= 0.3 is 6.09 Å². The lowest BCUT2D eigenvalue weighted by Gasteiger charge is -2.45. The lowest BCUT2D eigenvalue weighted by molar-refractivity contribution is 0.00361. The lowest BCUT2D eigenvalue weighted by Crippen LogP contribution is -2.55. The average molecular weight is 478 g/mol. The van der Waals surface area contributed by atoms with E-state index in [2.05, 4.69) is 10.3 Å². The van der Waals surface area contributed by atoms with Crippen LogP contribution in [0.3, 0.4) is 0 Å². The fraction of sp³-hybridized carbons (Fsp3) is 0.458. The number of benzene rings is 1. The summed E-state index contributed by atoms with van der Waals surface area (Å²) in [5, 5.41) is 3.80. The number of rotatable bonds is 4. The highest BCUT2D eigenvalue weighted by molar-refractivity contribution is 6.36. The number of hydrogen-bond acceptors (Lipinski definition) is 4. The van der Waals surface area contributed by atoms with Gasteiger partial charge in [0.25, 0.3) is 5.91 Å². The van der Waals surface area contributed by atoms with Crippen molar-refractivity contribution in [2.75, 3.05) is 13.1 Å². The molecule has 1 aromatic heterocycles. The molecular formula is C24H29Cl2N3O3. The summed E-state index contributed by atoms with van der Waals surface area (Å²) in [6, 6.07) is 10.5. The number of carbonyl (C=O) groups is 2. The second-order valence-electron chi connectivity index (χ2n) is 9.28. The Labute approximate surface area is 199 Å². The lowest BCUT2D eigenvalue weighted by atomic mass is 9.72. The third kappa shape index (κ3) is 5.73. The number of hydrogen-bond donors (Lipinski definition) is 1. The van der Waals surface area contributed by atoms with E-state index < -0.39 is 11.0 Å². The first-order chi connectivity index (χ1) is 15.0. The molecule has 2 amide bonds. The molecule has 0 bridgehead atoms. The van der Waals surface area contributed by atoms with Crippen LogP contribution in [0.25, 0.3) is 0 Å². The molecule has 3 rings (SSSR count). The van der Waals surface area contributed by atoms with Gasteiger partial charge in [0.1, 0.15) is 5.60 Å². The smallest absolute Gasteiger partial charge is 0.410 e. The Morgan fingerprint density at radius 1 is 1.25 bits per heavy atom. The molecule has 2 aromatic rings. The predicted octanol–water partition coefficient (Wildman–Crippen LogP) is 5.48. The summed E-state index contributed by atoms with van der Waals surface area (Å²) in [7, 11) is 0. The molecule has 32 heavy (non-hydrogen) atoms. The molecule has 0 saturated carbocycles. The molecule has 1 saturated heterocycles. The van der Waals surface area contributed by atoms with Gasteiger partial charge in [0.2, 0.25) is 0 Å². The normalized spacial score (nSPS) is 21.2. The molecule has 1 aliphatic rings. The van der Waals surface area contributed by atoms with Crippen LogP contribution in [-0.4, -0.2) is 46.6 Å². The molecule has 2 atom stereocenters. The van der Waals surface area contributed by atoms with Crippen LogP contribution in [0.2, 0.25) is 10.0 Å². The van der Waals surface area contributed by atoms with Gasteiger partial charge in [-0.25, -0.2) is 4.79 Å². The van der Waals surface area contributed by atoms with Crippen molar-refractivity contribution in [2.24, 2.45) is 0 Å². The Balaban J connectivity index is 1.80. The monoisotopic (exact) mass is 477 g/mol. The van der Waals surface area contributed by atoms with Crippen molar-refractivity contribution in [1.82, 2.24) is 15.2 Å². The van der Waals surface area contributed by atoms with Gasteiger partial charge in [-0.3, -0.25) is 9.78 Å². The summed E-state index contributed by atoms with van der Waals surface area (Å²) in [5.74, 6) is -0.274. The van der Waals surface area contributed by atoms with Crippen molar-refractivity contribution in [3.05, 3.63) is 63.9 Å². The van der Waals surface area contributed by atoms with Crippen molar-refractivity contribution in [3.63, 3.8) is 0 Å². The second-order valence-corrected chi connectivity index (χ2v) is 10.1. The van der Waals surface area contributed by atoms with Crippen LogP contribution in [0.15, 0.2) is 42.6 Å². The van der Waals surface area contributed by atoms with E-state index in [1.165, 1.54) is 0 Å². The molecular weight excluding hydrogens is 449 g/mol. The number of likely N-dealkylation sites (tertiary alicyclic amines) is 1. The van der Waals surface area contributed by atoms with Crippen molar-refractivity contribution in [3.8, 4) is 0 Å². The number of aromatic nitrogens is 1. The molecule has 6 nitrogen and oxygen atoms in total. The zero-order valence-corrected chi connectivity index (χ0v) is 20.3. The predicted molar refractivity (Wildman–Crippen MR) is 126 cm³/mol. The van der Waals surface area contributed by atoms with Crippen molar-refractivity contribution < 1.29 is 14.3 Å². The van der Waals surface area contributed by atoms with Gasteiger partial charge in [0.05, 0.1) is 10.6 Å². The van der Waals surface area contributed by atoms with Crippen LogP contribution in [-0.2, 0) is 10.2 Å². The molecule has 1 N–H and O–H groups in total. The number of amides is 2.